The van der Waals surface area contributed by atoms with Crippen LogP contribution in [-0.4, -0.2) is 57.9 Å². The molecule has 1 atom stereocenters. The van der Waals surface area contributed by atoms with Crippen molar-refractivity contribution in [3.05, 3.63) is 59.7 Å². The van der Waals surface area contributed by atoms with Gasteiger partial charge in [0.15, 0.2) is 5.96 Å². The molecule has 2 aliphatic rings. The fraction of sp³-hybridized carbons (Fsp3) is 0.458. The molecule has 0 aromatic heterocycles. The van der Waals surface area contributed by atoms with Crippen LogP contribution in [0, 0.1) is 11.6 Å². The van der Waals surface area contributed by atoms with Gasteiger partial charge < -0.3 is 25.2 Å². The van der Waals surface area contributed by atoms with Crippen LogP contribution in [0.4, 0.5) is 20.2 Å². The zero-order valence-electron chi connectivity index (χ0n) is 18.9. The fourth-order valence-corrected chi connectivity index (χ4v) is 4.15. The normalized spacial score (nSPS) is 18.8. The van der Waals surface area contributed by atoms with Crippen molar-refractivity contribution in [2.24, 2.45) is 4.99 Å². The second-order valence-electron chi connectivity index (χ2n) is 8.13. The zero-order chi connectivity index (χ0) is 22.3. The van der Waals surface area contributed by atoms with Crippen LogP contribution in [0.3, 0.4) is 0 Å². The van der Waals surface area contributed by atoms with Gasteiger partial charge >= 0.3 is 0 Å². The summed E-state index contributed by atoms with van der Waals surface area (Å²) < 4.78 is 32.7. The third-order valence-electron chi connectivity index (χ3n) is 5.86. The van der Waals surface area contributed by atoms with Gasteiger partial charge in [-0.15, -0.1) is 24.0 Å². The minimum atomic E-state index is -0.556. The smallest absolute Gasteiger partial charge is 0.191 e. The Balaban J connectivity index is 0.00000306. The summed E-state index contributed by atoms with van der Waals surface area (Å²) >= 11 is 0. The van der Waals surface area contributed by atoms with Gasteiger partial charge in [-0.05, 0) is 43.2 Å². The van der Waals surface area contributed by atoms with E-state index in [4.69, 9.17) is 9.73 Å². The Kier molecular flexibility index (Phi) is 9.54. The first kappa shape index (κ1) is 25.5. The van der Waals surface area contributed by atoms with E-state index in [0.717, 1.165) is 56.9 Å². The maximum Gasteiger partial charge on any atom is 0.191 e. The minimum absolute atomic E-state index is 0. The Morgan fingerprint density at radius 1 is 1.06 bits per heavy atom. The molecule has 6 nitrogen and oxygen atoms in total. The minimum Gasteiger partial charge on any atom is -0.378 e. The molecule has 2 aliphatic heterocycles. The number of nitrogens with one attached hydrogen (secondary N) is 2. The number of halogens is 3. The molecular formula is C24H32F2IN5O. The second-order valence-corrected chi connectivity index (χ2v) is 8.13. The molecule has 0 radical (unpaired) electrons. The molecule has 2 heterocycles. The molecule has 0 bridgehead atoms. The van der Waals surface area contributed by atoms with Gasteiger partial charge in [0.2, 0.25) is 0 Å². The molecule has 0 saturated carbocycles. The van der Waals surface area contributed by atoms with Gasteiger partial charge in [0.25, 0.3) is 0 Å². The quantitative estimate of drug-likeness (QED) is 0.315. The number of rotatable bonds is 6. The Labute approximate surface area is 211 Å². The highest BCUT2D eigenvalue weighted by molar-refractivity contribution is 14.0. The maximum absolute atomic E-state index is 14.1. The number of benzene rings is 2. The van der Waals surface area contributed by atoms with Crippen LogP contribution in [0.25, 0.3) is 0 Å². The van der Waals surface area contributed by atoms with Gasteiger partial charge in [0.05, 0.1) is 25.4 Å². The highest BCUT2D eigenvalue weighted by Crippen LogP contribution is 2.24. The Morgan fingerprint density at radius 2 is 1.82 bits per heavy atom. The van der Waals surface area contributed by atoms with Gasteiger partial charge in [0, 0.05) is 50.5 Å². The third-order valence-corrected chi connectivity index (χ3v) is 5.86. The van der Waals surface area contributed by atoms with Crippen LogP contribution >= 0.6 is 24.0 Å². The average Bonchev–Trinajstić information content (AvgIpc) is 3.27. The first-order chi connectivity index (χ1) is 15.6. The van der Waals surface area contributed by atoms with Gasteiger partial charge in [-0.25, -0.2) is 13.8 Å². The predicted molar refractivity (Wildman–Crippen MR) is 140 cm³/mol. The van der Waals surface area contributed by atoms with Crippen molar-refractivity contribution in [2.75, 3.05) is 55.7 Å². The van der Waals surface area contributed by atoms with E-state index in [9.17, 15) is 8.78 Å². The summed E-state index contributed by atoms with van der Waals surface area (Å²) in [6.07, 6.45) is 0.857. The molecule has 0 spiro atoms. The molecular weight excluding hydrogens is 539 g/mol. The number of ether oxygens (including phenoxy) is 1. The van der Waals surface area contributed by atoms with Crippen molar-refractivity contribution in [3.8, 4) is 0 Å². The van der Waals surface area contributed by atoms with Crippen molar-refractivity contribution >= 4 is 41.3 Å². The number of guanidine groups is 1. The van der Waals surface area contributed by atoms with Crippen LogP contribution < -0.4 is 20.4 Å². The van der Waals surface area contributed by atoms with Crippen LogP contribution in [-0.2, 0) is 11.3 Å². The lowest BCUT2D eigenvalue weighted by Crippen LogP contribution is -2.44. The van der Waals surface area contributed by atoms with Crippen molar-refractivity contribution in [3.63, 3.8) is 0 Å². The van der Waals surface area contributed by atoms with Crippen LogP contribution in [0.5, 0.6) is 0 Å². The molecule has 2 aromatic rings. The molecule has 33 heavy (non-hydrogen) atoms. The van der Waals surface area contributed by atoms with E-state index in [0.29, 0.717) is 25.3 Å². The molecule has 1 unspecified atom stereocenters. The lowest BCUT2D eigenvalue weighted by molar-refractivity contribution is 0.122. The van der Waals surface area contributed by atoms with E-state index < -0.39 is 11.6 Å². The van der Waals surface area contributed by atoms with E-state index in [2.05, 4.69) is 39.8 Å². The Morgan fingerprint density at radius 3 is 2.52 bits per heavy atom. The van der Waals surface area contributed by atoms with Crippen LogP contribution in [0.15, 0.2) is 47.5 Å². The fourth-order valence-electron chi connectivity index (χ4n) is 4.15. The van der Waals surface area contributed by atoms with Gasteiger partial charge in [0.1, 0.15) is 11.6 Å². The van der Waals surface area contributed by atoms with E-state index in [1.807, 2.05) is 11.8 Å². The number of aliphatic imine (C=N–C) groups is 1. The second kappa shape index (κ2) is 12.4. The van der Waals surface area contributed by atoms with E-state index in [1.54, 1.807) is 0 Å². The summed E-state index contributed by atoms with van der Waals surface area (Å²) in [6.45, 7) is 8.10. The summed E-state index contributed by atoms with van der Waals surface area (Å²) in [7, 11) is 0. The molecule has 4 rings (SSSR count). The highest BCUT2D eigenvalue weighted by Gasteiger charge is 2.25. The van der Waals surface area contributed by atoms with E-state index in [1.165, 1.54) is 17.8 Å². The summed E-state index contributed by atoms with van der Waals surface area (Å²) in [5.74, 6) is -0.331. The standard InChI is InChI=1S/C24H31F2N5O.HI/c1-2-27-24(28-16-18-3-6-21(7-4-18)30-11-13-32-14-12-30)29-20-9-10-31(17-20)23-8-5-19(25)15-22(23)26;/h3-8,15,20H,2,9-14,16-17H2,1H3,(H2,27,28,29);1H. The zero-order valence-corrected chi connectivity index (χ0v) is 21.2. The third kappa shape index (κ3) is 6.92. The molecule has 2 saturated heterocycles. The van der Waals surface area contributed by atoms with Gasteiger partial charge in [-0.2, -0.15) is 0 Å². The Hall–Kier alpha value is -2.14. The topological polar surface area (TPSA) is 52.1 Å². The van der Waals surface area contributed by atoms with E-state index >= 15 is 0 Å². The largest absolute Gasteiger partial charge is 0.378 e. The summed E-state index contributed by atoms with van der Waals surface area (Å²) in [5.41, 5.74) is 2.80. The van der Waals surface area contributed by atoms with Gasteiger partial charge in [-0.3, -0.25) is 0 Å². The predicted octanol–water partition coefficient (Wildman–Crippen LogP) is 3.75. The maximum atomic E-state index is 14.1. The highest BCUT2D eigenvalue weighted by atomic mass is 127. The molecule has 9 heteroatoms. The van der Waals surface area contributed by atoms with Crippen molar-refractivity contribution in [1.82, 2.24) is 10.6 Å². The SMILES string of the molecule is CCNC(=NCc1ccc(N2CCOCC2)cc1)NC1CCN(c2ccc(F)cc2F)C1.I. The number of hydrogen-bond acceptors (Lipinski definition) is 4. The molecule has 0 aliphatic carbocycles. The van der Waals surface area contributed by atoms with Gasteiger partial charge in [-0.1, -0.05) is 12.1 Å². The number of hydrogen-bond donors (Lipinski definition) is 2. The monoisotopic (exact) mass is 571 g/mol. The average molecular weight is 571 g/mol. The summed E-state index contributed by atoms with van der Waals surface area (Å²) in [5, 5.41) is 6.75. The number of anilines is 2. The van der Waals surface area contributed by atoms with Crippen molar-refractivity contribution in [1.29, 1.82) is 0 Å². The first-order valence-electron chi connectivity index (χ1n) is 11.3. The lowest BCUT2D eigenvalue weighted by atomic mass is 10.2. The van der Waals surface area contributed by atoms with Crippen LogP contribution in [0.1, 0.15) is 18.9 Å². The molecule has 180 valence electrons. The molecule has 2 fully saturated rings. The number of nitrogens with zero attached hydrogens (tertiary/aromatic N) is 3. The Bertz CT molecular complexity index is 922. The summed E-state index contributed by atoms with van der Waals surface area (Å²) in [4.78, 5) is 9.01. The molecule has 2 aromatic carbocycles. The lowest BCUT2D eigenvalue weighted by Gasteiger charge is -2.28. The van der Waals surface area contributed by atoms with Crippen LogP contribution in [0.2, 0.25) is 0 Å². The number of morpholine rings is 1. The van der Waals surface area contributed by atoms with E-state index in [-0.39, 0.29) is 30.0 Å². The molecule has 2 N–H and O–H groups in total. The molecule has 0 amide bonds. The van der Waals surface area contributed by atoms with Crippen molar-refractivity contribution in [2.45, 2.75) is 25.9 Å². The summed E-state index contributed by atoms with van der Waals surface area (Å²) in [6, 6.07) is 12.4. The first-order valence-corrected chi connectivity index (χ1v) is 11.3. The van der Waals surface area contributed by atoms with Crippen molar-refractivity contribution < 1.29 is 13.5 Å².